The summed E-state index contributed by atoms with van der Waals surface area (Å²) in [6.45, 7) is 7.01. The highest BCUT2D eigenvalue weighted by molar-refractivity contribution is 5.82. The van der Waals surface area contributed by atoms with Crippen molar-refractivity contribution in [2.75, 3.05) is 18.7 Å². The fourth-order valence-corrected chi connectivity index (χ4v) is 2.29. The van der Waals surface area contributed by atoms with E-state index >= 15 is 0 Å². The number of allylic oxidation sites excluding steroid dienone is 3. The first-order valence-corrected chi connectivity index (χ1v) is 7.75. The largest absolute Gasteiger partial charge is 0.318 e. The van der Waals surface area contributed by atoms with Crippen molar-refractivity contribution in [3.05, 3.63) is 36.0 Å². The van der Waals surface area contributed by atoms with Gasteiger partial charge in [-0.1, -0.05) is 23.3 Å². The van der Waals surface area contributed by atoms with Gasteiger partial charge in [0, 0.05) is 7.05 Å². The number of aromatic nitrogens is 4. The Bertz CT molecular complexity index is 713. The Morgan fingerprint density at radius 1 is 1.22 bits per heavy atom. The van der Waals surface area contributed by atoms with Crippen molar-refractivity contribution in [2.45, 2.75) is 33.6 Å². The minimum Gasteiger partial charge on any atom is -0.318 e. The van der Waals surface area contributed by atoms with Crippen LogP contribution in [0.25, 0.3) is 11.2 Å². The van der Waals surface area contributed by atoms with Gasteiger partial charge in [-0.15, -0.1) is 0 Å². The van der Waals surface area contributed by atoms with Gasteiger partial charge in [-0.3, -0.25) is 4.84 Å². The van der Waals surface area contributed by atoms with Gasteiger partial charge >= 0.3 is 0 Å². The minimum absolute atomic E-state index is 0.625. The van der Waals surface area contributed by atoms with Crippen LogP contribution in [0.4, 0.5) is 5.82 Å². The Balaban J connectivity index is 2.11. The summed E-state index contributed by atoms with van der Waals surface area (Å²) in [6, 6.07) is 0. The number of hydrogen-bond acceptors (Lipinski definition) is 5. The molecule has 0 amide bonds. The molecule has 2 heterocycles. The highest BCUT2D eigenvalue weighted by atomic mass is 16.7. The molecular formula is C17H25N5O. The third-order valence-electron chi connectivity index (χ3n) is 3.63. The Labute approximate surface area is 137 Å². The second-order valence-corrected chi connectivity index (χ2v) is 5.84. The van der Waals surface area contributed by atoms with Gasteiger partial charge < -0.3 is 4.57 Å². The molecule has 0 saturated carbocycles. The zero-order valence-electron chi connectivity index (χ0n) is 14.6. The molecular weight excluding hydrogens is 290 g/mol. The van der Waals surface area contributed by atoms with Gasteiger partial charge in [-0.05, 0) is 33.6 Å². The number of nitrogens with zero attached hydrogens (tertiary/aromatic N) is 5. The zero-order valence-corrected chi connectivity index (χ0v) is 14.6. The first-order chi connectivity index (χ1) is 11.0. The SMILES string of the molecule is CON(C/C=C(\C)CCC=C(C)C)c1ncnc2c1ncn2C. The third-order valence-corrected chi connectivity index (χ3v) is 3.63. The Hall–Kier alpha value is -2.21. The van der Waals surface area contributed by atoms with Crippen molar-refractivity contribution in [3.63, 3.8) is 0 Å². The summed E-state index contributed by atoms with van der Waals surface area (Å²) in [5.74, 6) is 0.687. The van der Waals surface area contributed by atoms with Gasteiger partial charge in [-0.2, -0.15) is 0 Å². The molecule has 6 nitrogen and oxygen atoms in total. The van der Waals surface area contributed by atoms with E-state index in [1.54, 1.807) is 18.5 Å². The number of fused-ring (bicyclic) bond motifs is 1. The highest BCUT2D eigenvalue weighted by Gasteiger charge is 2.14. The predicted molar refractivity (Wildman–Crippen MR) is 93.1 cm³/mol. The molecule has 124 valence electrons. The average molecular weight is 315 g/mol. The van der Waals surface area contributed by atoms with Crippen LogP contribution in [0.1, 0.15) is 33.6 Å². The topological polar surface area (TPSA) is 56.1 Å². The molecule has 6 heteroatoms. The van der Waals surface area contributed by atoms with Crippen LogP contribution in [0.2, 0.25) is 0 Å². The van der Waals surface area contributed by atoms with Gasteiger partial charge in [0.05, 0.1) is 20.0 Å². The van der Waals surface area contributed by atoms with Crippen LogP contribution in [-0.4, -0.2) is 33.2 Å². The van der Waals surface area contributed by atoms with E-state index in [2.05, 4.69) is 47.9 Å². The number of aryl methyl sites for hydroxylation is 1. The summed E-state index contributed by atoms with van der Waals surface area (Å²) >= 11 is 0. The number of rotatable bonds is 7. The lowest BCUT2D eigenvalue weighted by Gasteiger charge is -2.19. The summed E-state index contributed by atoms with van der Waals surface area (Å²) in [7, 11) is 3.56. The fraction of sp³-hybridized carbons (Fsp3) is 0.471. The molecule has 0 spiro atoms. The summed E-state index contributed by atoms with van der Waals surface area (Å²) in [4.78, 5) is 18.4. The monoisotopic (exact) mass is 315 g/mol. The van der Waals surface area contributed by atoms with E-state index in [1.165, 1.54) is 17.5 Å². The number of imidazole rings is 1. The molecule has 0 aliphatic heterocycles. The molecule has 0 radical (unpaired) electrons. The van der Waals surface area contributed by atoms with Crippen LogP contribution in [-0.2, 0) is 11.9 Å². The average Bonchev–Trinajstić information content (AvgIpc) is 2.90. The van der Waals surface area contributed by atoms with Crippen LogP contribution in [0, 0.1) is 0 Å². The molecule has 2 aromatic heterocycles. The summed E-state index contributed by atoms with van der Waals surface area (Å²) < 4.78 is 1.87. The Morgan fingerprint density at radius 2 is 2.00 bits per heavy atom. The van der Waals surface area contributed by atoms with Crippen LogP contribution in [0.5, 0.6) is 0 Å². The lowest BCUT2D eigenvalue weighted by molar-refractivity contribution is 0.173. The Morgan fingerprint density at radius 3 is 2.70 bits per heavy atom. The van der Waals surface area contributed by atoms with Crippen molar-refractivity contribution in [1.82, 2.24) is 19.5 Å². The molecule has 0 aliphatic carbocycles. The van der Waals surface area contributed by atoms with Crippen molar-refractivity contribution in [3.8, 4) is 0 Å². The van der Waals surface area contributed by atoms with E-state index in [4.69, 9.17) is 4.84 Å². The molecule has 0 unspecified atom stereocenters. The molecule has 0 saturated heterocycles. The van der Waals surface area contributed by atoms with Crippen LogP contribution in [0.15, 0.2) is 36.0 Å². The van der Waals surface area contributed by atoms with Gasteiger partial charge in [0.2, 0.25) is 0 Å². The fourth-order valence-electron chi connectivity index (χ4n) is 2.29. The smallest absolute Gasteiger partial charge is 0.184 e. The normalized spacial score (nSPS) is 11.8. The second-order valence-electron chi connectivity index (χ2n) is 5.84. The molecule has 0 fully saturated rings. The van der Waals surface area contributed by atoms with Crippen LogP contribution < -0.4 is 5.06 Å². The van der Waals surface area contributed by atoms with Crippen molar-refractivity contribution in [2.24, 2.45) is 7.05 Å². The van der Waals surface area contributed by atoms with Crippen LogP contribution in [0.3, 0.4) is 0 Å². The maximum Gasteiger partial charge on any atom is 0.184 e. The van der Waals surface area contributed by atoms with E-state index in [0.29, 0.717) is 12.4 Å². The number of hydroxylamine groups is 1. The summed E-state index contributed by atoms with van der Waals surface area (Å²) in [5, 5.41) is 1.74. The van der Waals surface area contributed by atoms with E-state index < -0.39 is 0 Å². The zero-order chi connectivity index (χ0) is 16.8. The van der Waals surface area contributed by atoms with E-state index in [9.17, 15) is 0 Å². The summed E-state index contributed by atoms with van der Waals surface area (Å²) in [6.07, 6.45) is 9.81. The van der Waals surface area contributed by atoms with Gasteiger partial charge in [0.1, 0.15) is 6.33 Å². The molecule has 0 N–H and O–H groups in total. The number of hydrogen-bond donors (Lipinski definition) is 0. The molecule has 0 aromatic carbocycles. The molecule has 0 atom stereocenters. The van der Waals surface area contributed by atoms with Crippen molar-refractivity contribution < 1.29 is 4.84 Å². The maximum atomic E-state index is 5.48. The van der Waals surface area contributed by atoms with Crippen molar-refractivity contribution in [1.29, 1.82) is 0 Å². The molecule has 23 heavy (non-hydrogen) atoms. The molecule has 0 bridgehead atoms. The lowest BCUT2D eigenvalue weighted by Crippen LogP contribution is -2.23. The second kappa shape index (κ2) is 7.87. The van der Waals surface area contributed by atoms with E-state index in [-0.39, 0.29) is 0 Å². The first-order valence-electron chi connectivity index (χ1n) is 7.75. The van der Waals surface area contributed by atoms with E-state index in [1.807, 2.05) is 11.6 Å². The summed E-state index contributed by atoms with van der Waals surface area (Å²) in [5.41, 5.74) is 4.22. The standard InChI is InChI=1S/C17H25N5O/c1-13(2)7-6-8-14(3)9-10-22(23-5)17-15-16(18-11-19-17)21(4)12-20-15/h7,9,11-12H,6,8,10H2,1-5H3/b14-9+. The van der Waals surface area contributed by atoms with Crippen molar-refractivity contribution >= 4 is 17.0 Å². The highest BCUT2D eigenvalue weighted by Crippen LogP contribution is 2.21. The Kier molecular flexibility index (Phi) is 5.87. The third kappa shape index (κ3) is 4.39. The lowest BCUT2D eigenvalue weighted by atomic mass is 10.1. The van der Waals surface area contributed by atoms with Crippen LogP contribution >= 0.6 is 0 Å². The van der Waals surface area contributed by atoms with E-state index in [0.717, 1.165) is 24.0 Å². The predicted octanol–water partition coefficient (Wildman–Crippen LogP) is 3.42. The van der Waals surface area contributed by atoms with Gasteiger partial charge in [0.15, 0.2) is 17.0 Å². The molecule has 2 rings (SSSR count). The van der Waals surface area contributed by atoms with Gasteiger partial charge in [-0.25, -0.2) is 20.0 Å². The first kappa shape index (κ1) is 17.1. The quantitative estimate of drug-likeness (QED) is 0.579. The number of anilines is 1. The van der Waals surface area contributed by atoms with Gasteiger partial charge in [0.25, 0.3) is 0 Å². The molecule has 0 aliphatic rings. The maximum absolute atomic E-state index is 5.48. The minimum atomic E-state index is 0.625. The molecule has 2 aromatic rings.